The van der Waals surface area contributed by atoms with Crippen LogP contribution in [-0.4, -0.2) is 85.7 Å². The highest BCUT2D eigenvalue weighted by Crippen LogP contribution is 2.53. The van der Waals surface area contributed by atoms with Gasteiger partial charge >= 0.3 is 15.2 Å². The lowest BCUT2D eigenvalue weighted by Gasteiger charge is -2.27. The molecule has 147 valence electrons. The number of hydrogen-bond donors (Lipinski definition) is 0. The molecule has 0 aromatic rings. The molecule has 8 nitrogen and oxygen atoms in total. The van der Waals surface area contributed by atoms with Crippen LogP contribution in [0.25, 0.3) is 0 Å². The second-order valence-electron chi connectivity index (χ2n) is 7.46. The van der Waals surface area contributed by atoms with Gasteiger partial charge in [-0.2, -0.15) is 0 Å². The maximum atomic E-state index is 12.9. The van der Waals surface area contributed by atoms with Crippen molar-refractivity contribution in [2.24, 2.45) is 11.8 Å². The summed E-state index contributed by atoms with van der Waals surface area (Å²) in [7, 11) is 6.05. The van der Waals surface area contributed by atoms with Crippen LogP contribution in [0.5, 0.6) is 0 Å². The summed E-state index contributed by atoms with van der Waals surface area (Å²) in [6.07, 6.45) is -2.31. The van der Waals surface area contributed by atoms with Crippen molar-refractivity contribution in [3.8, 4) is 0 Å². The Bertz CT molecular complexity index is 639. The van der Waals surface area contributed by atoms with E-state index in [2.05, 4.69) is 0 Å². The smallest absolute Gasteiger partial charge is 0.328 e. The Balaban J connectivity index is 1.86. The van der Waals surface area contributed by atoms with Crippen LogP contribution in [0.1, 0.15) is 13.8 Å². The van der Waals surface area contributed by atoms with Gasteiger partial charge in [-0.05, 0) is 0 Å². The van der Waals surface area contributed by atoms with Crippen molar-refractivity contribution in [1.29, 1.82) is 0 Å². The van der Waals surface area contributed by atoms with E-state index in [0.717, 1.165) is 0 Å². The molecule has 0 saturated carbocycles. The highest BCUT2D eigenvalue weighted by molar-refractivity contribution is 7.53. The Morgan fingerprint density at radius 3 is 2.04 bits per heavy atom. The quantitative estimate of drug-likeness (QED) is 0.466. The molecule has 3 saturated heterocycles. The summed E-state index contributed by atoms with van der Waals surface area (Å²) < 4.78 is 59.8. The lowest BCUT2D eigenvalue weighted by molar-refractivity contribution is -0.00967. The fourth-order valence-corrected chi connectivity index (χ4v) is 6.04. The molecule has 13 heteroatoms. The summed E-state index contributed by atoms with van der Waals surface area (Å²) in [5.74, 6) is -0.462. The topological polar surface area (TPSA) is 89.5 Å². The first-order chi connectivity index (χ1) is 12.5. The summed E-state index contributed by atoms with van der Waals surface area (Å²) in [4.78, 5) is 0. The van der Waals surface area contributed by atoms with E-state index in [1.807, 2.05) is 13.8 Å². The van der Waals surface area contributed by atoms with Crippen LogP contribution >= 0.6 is 15.2 Å². The third kappa shape index (κ3) is 4.95. The molecule has 0 amide bonds. The predicted octanol–water partition coefficient (Wildman–Crippen LogP) is 1.13. The van der Waals surface area contributed by atoms with Crippen LogP contribution in [0.2, 0.25) is 0 Å². The molecule has 2 bridgehead atoms. The Kier molecular flexibility index (Phi) is 6.77. The highest BCUT2D eigenvalue weighted by atomic mass is 31.2. The normalized spacial score (nSPS) is 54.4. The summed E-state index contributed by atoms with van der Waals surface area (Å²) in [6.45, 7) is 6.40. The molecule has 0 aromatic heterocycles. The molecule has 27 heavy (non-hydrogen) atoms. The predicted molar refractivity (Wildman–Crippen MR) is 102 cm³/mol. The van der Waals surface area contributed by atoms with Crippen LogP contribution < -0.4 is 0 Å². The van der Waals surface area contributed by atoms with Gasteiger partial charge in [0, 0.05) is 44.9 Å². The third-order valence-electron chi connectivity index (χ3n) is 5.26. The zero-order valence-electron chi connectivity index (χ0n) is 15.9. The van der Waals surface area contributed by atoms with E-state index in [-0.39, 0.29) is 25.0 Å². The van der Waals surface area contributed by atoms with Crippen LogP contribution in [0.3, 0.4) is 0 Å². The molecule has 5 radical (unpaired) electrons. The van der Waals surface area contributed by atoms with Gasteiger partial charge in [0.25, 0.3) is 0 Å². The average molecular weight is 415 g/mol. The summed E-state index contributed by atoms with van der Waals surface area (Å²) >= 11 is 0. The van der Waals surface area contributed by atoms with E-state index in [1.165, 1.54) is 20.5 Å². The van der Waals surface area contributed by atoms with Crippen molar-refractivity contribution in [3.63, 3.8) is 0 Å². The van der Waals surface area contributed by atoms with Crippen molar-refractivity contribution >= 4 is 37.9 Å². The molecule has 3 heterocycles. The molecule has 3 aliphatic heterocycles. The van der Waals surface area contributed by atoms with Gasteiger partial charge in [-0.1, -0.05) is 13.8 Å². The molecular formula is C14H24B3O8P2. The van der Waals surface area contributed by atoms with Crippen LogP contribution in [0.4, 0.5) is 0 Å². The standard InChI is InChI=1S/C14H24B3O8P2/c1-7-9-5-20-26(3,18)24-11-8(2)13(15)22-10(11)6-21-27(4,19)25-12(7)14(17-16)23-9/h7-14H,5-6H2,1-4H3/t7-,8-,9-,10-,11+,12-,13?,14-,26?,27?/m1/s1. The average Bonchev–Trinajstić information content (AvgIpc) is 3.02. The monoisotopic (exact) mass is 415 g/mol. The lowest BCUT2D eigenvalue weighted by atomic mass is 9.50. The highest BCUT2D eigenvalue weighted by Gasteiger charge is 2.48. The minimum Gasteiger partial charge on any atom is -0.379 e. The SMILES string of the molecule is [B][B][C@@H]1O[C@@H]2COP(C)(=O)O[C@@H]3[C@@H](COP(C)(=O)O[C@@H]1[C@@H]2C)OC([B])[C@@H]3C. The maximum absolute atomic E-state index is 12.9. The molecule has 3 fully saturated rings. The van der Waals surface area contributed by atoms with Gasteiger partial charge in [0.1, 0.15) is 14.0 Å². The van der Waals surface area contributed by atoms with E-state index in [0.29, 0.717) is 0 Å². The van der Waals surface area contributed by atoms with E-state index in [9.17, 15) is 9.13 Å². The molecule has 3 unspecified atom stereocenters. The molecule has 3 aliphatic rings. The number of rotatable bonds is 1. The second kappa shape index (κ2) is 8.27. The number of fused-ring (bicyclic) bond motifs is 3. The van der Waals surface area contributed by atoms with Gasteiger partial charge < -0.3 is 27.6 Å². The minimum absolute atomic E-state index is 0.0205. The largest absolute Gasteiger partial charge is 0.379 e. The second-order valence-corrected chi connectivity index (χ2v) is 11.5. The zero-order chi connectivity index (χ0) is 20.0. The Labute approximate surface area is 163 Å². The van der Waals surface area contributed by atoms with E-state index >= 15 is 0 Å². The fourth-order valence-electron chi connectivity index (χ4n) is 3.56. The summed E-state index contributed by atoms with van der Waals surface area (Å²) in [5.41, 5.74) is 0. The fraction of sp³-hybridized carbons (Fsp3) is 1.00. The molecule has 3 rings (SSSR count). The zero-order valence-corrected chi connectivity index (χ0v) is 17.7. The summed E-state index contributed by atoms with van der Waals surface area (Å²) in [6, 6.07) is -1.21. The summed E-state index contributed by atoms with van der Waals surface area (Å²) in [5, 5.41) is 0. The molecule has 0 aliphatic carbocycles. The maximum Gasteiger partial charge on any atom is 0.328 e. The van der Waals surface area contributed by atoms with Crippen molar-refractivity contribution in [2.45, 2.75) is 50.3 Å². The van der Waals surface area contributed by atoms with E-state index in [1.54, 1.807) is 0 Å². The number of hydrogen-bond acceptors (Lipinski definition) is 8. The van der Waals surface area contributed by atoms with E-state index < -0.39 is 51.6 Å². The molecule has 0 N–H and O–H groups in total. The van der Waals surface area contributed by atoms with Crippen molar-refractivity contribution in [3.05, 3.63) is 0 Å². The Hall–Kier alpha value is 0.415. The van der Waals surface area contributed by atoms with Crippen LogP contribution in [0, 0.1) is 11.8 Å². The van der Waals surface area contributed by atoms with Crippen LogP contribution in [-0.2, 0) is 36.7 Å². The van der Waals surface area contributed by atoms with Gasteiger partial charge in [0.15, 0.2) is 0 Å². The van der Waals surface area contributed by atoms with Crippen molar-refractivity contribution < 1.29 is 36.7 Å². The number of ether oxygens (including phenoxy) is 2. The molecule has 0 aromatic carbocycles. The first-order valence-electron chi connectivity index (χ1n) is 8.95. The van der Waals surface area contributed by atoms with Gasteiger partial charge in [0.05, 0.1) is 38.7 Å². The first-order valence-corrected chi connectivity index (χ1v) is 12.9. The van der Waals surface area contributed by atoms with E-state index in [4.69, 9.17) is 43.2 Å². The van der Waals surface area contributed by atoms with Crippen molar-refractivity contribution in [2.75, 3.05) is 26.5 Å². The molecule has 0 spiro atoms. The third-order valence-corrected chi connectivity index (χ3v) is 7.75. The van der Waals surface area contributed by atoms with Gasteiger partial charge in [0.2, 0.25) is 0 Å². The van der Waals surface area contributed by atoms with Gasteiger partial charge in [-0.3, -0.25) is 9.13 Å². The van der Waals surface area contributed by atoms with Gasteiger partial charge in [-0.15, -0.1) is 0 Å². The molecular weight excluding hydrogens is 391 g/mol. The lowest BCUT2D eigenvalue weighted by Crippen LogP contribution is -2.34. The Morgan fingerprint density at radius 2 is 1.44 bits per heavy atom. The van der Waals surface area contributed by atoms with Gasteiger partial charge in [-0.25, -0.2) is 0 Å². The first kappa shape index (κ1) is 22.1. The minimum atomic E-state index is -3.45. The Morgan fingerprint density at radius 1 is 0.889 bits per heavy atom. The molecule has 10 atom stereocenters. The van der Waals surface area contributed by atoms with Crippen LogP contribution in [0.15, 0.2) is 0 Å². The van der Waals surface area contributed by atoms with Crippen molar-refractivity contribution in [1.82, 2.24) is 0 Å².